The molecule has 0 bridgehead atoms. The number of carbonyl (C=O) groups is 1. The van der Waals surface area contributed by atoms with Crippen LogP contribution in [0.2, 0.25) is 0 Å². The van der Waals surface area contributed by atoms with Crippen molar-refractivity contribution in [3.8, 4) is 11.9 Å². The van der Waals surface area contributed by atoms with Crippen LogP contribution in [0.4, 0.5) is 0 Å². The first kappa shape index (κ1) is 15.2. The van der Waals surface area contributed by atoms with E-state index in [9.17, 15) is 4.79 Å². The van der Waals surface area contributed by atoms with Crippen LogP contribution in [0.3, 0.4) is 0 Å². The molecule has 2 heterocycles. The molecule has 0 saturated carbocycles. The van der Waals surface area contributed by atoms with Gasteiger partial charge in [-0.1, -0.05) is 36.4 Å². The SMILES string of the molecule is N#Cc1ccc(OC2CN(C(=O)c3cccc4ccccc34)C2)nc1. The second kappa shape index (κ2) is 6.25. The molecule has 1 aromatic heterocycles. The van der Waals surface area contributed by atoms with Gasteiger partial charge in [-0.2, -0.15) is 5.26 Å². The van der Waals surface area contributed by atoms with Gasteiger partial charge in [-0.3, -0.25) is 4.79 Å². The summed E-state index contributed by atoms with van der Waals surface area (Å²) in [6, 6.07) is 19.0. The van der Waals surface area contributed by atoms with Gasteiger partial charge in [-0.25, -0.2) is 4.98 Å². The lowest BCUT2D eigenvalue weighted by Crippen LogP contribution is -2.56. The highest BCUT2D eigenvalue weighted by molar-refractivity contribution is 6.07. The quantitative estimate of drug-likeness (QED) is 0.741. The van der Waals surface area contributed by atoms with E-state index in [0.29, 0.717) is 30.1 Å². The molecule has 5 heteroatoms. The van der Waals surface area contributed by atoms with Gasteiger partial charge in [0.2, 0.25) is 5.88 Å². The molecule has 0 N–H and O–H groups in total. The van der Waals surface area contributed by atoms with E-state index in [-0.39, 0.29) is 12.0 Å². The summed E-state index contributed by atoms with van der Waals surface area (Å²) < 4.78 is 5.74. The summed E-state index contributed by atoms with van der Waals surface area (Å²) in [5.74, 6) is 0.491. The molecular weight excluding hydrogens is 314 g/mol. The largest absolute Gasteiger partial charge is 0.471 e. The van der Waals surface area contributed by atoms with Gasteiger partial charge in [0.1, 0.15) is 12.2 Å². The molecule has 0 aliphatic carbocycles. The van der Waals surface area contributed by atoms with Gasteiger partial charge in [0.15, 0.2) is 0 Å². The smallest absolute Gasteiger partial charge is 0.254 e. The second-order valence-corrected chi connectivity index (χ2v) is 5.97. The van der Waals surface area contributed by atoms with Crippen LogP contribution < -0.4 is 4.74 Å². The first-order valence-corrected chi connectivity index (χ1v) is 8.04. The molecule has 1 aliphatic heterocycles. The van der Waals surface area contributed by atoms with Crippen molar-refractivity contribution in [3.05, 3.63) is 71.9 Å². The Morgan fingerprint density at radius 1 is 1.12 bits per heavy atom. The Labute approximate surface area is 145 Å². The third-order valence-electron chi connectivity index (χ3n) is 4.31. The monoisotopic (exact) mass is 329 g/mol. The van der Waals surface area contributed by atoms with E-state index in [4.69, 9.17) is 10.00 Å². The van der Waals surface area contributed by atoms with E-state index in [0.717, 1.165) is 10.8 Å². The van der Waals surface area contributed by atoms with Crippen LogP contribution in [0.25, 0.3) is 10.8 Å². The summed E-state index contributed by atoms with van der Waals surface area (Å²) in [5, 5.41) is 10.8. The van der Waals surface area contributed by atoms with Gasteiger partial charge in [0.25, 0.3) is 5.91 Å². The molecule has 0 atom stereocenters. The Balaban J connectivity index is 1.43. The van der Waals surface area contributed by atoms with Gasteiger partial charge < -0.3 is 9.64 Å². The van der Waals surface area contributed by atoms with Crippen molar-refractivity contribution < 1.29 is 9.53 Å². The fourth-order valence-electron chi connectivity index (χ4n) is 2.95. The van der Waals surface area contributed by atoms with Crippen molar-refractivity contribution in [1.82, 2.24) is 9.88 Å². The van der Waals surface area contributed by atoms with Gasteiger partial charge in [-0.15, -0.1) is 0 Å². The molecule has 4 rings (SSSR count). The lowest BCUT2D eigenvalue weighted by atomic mass is 10.0. The number of fused-ring (bicyclic) bond motifs is 1. The lowest BCUT2D eigenvalue weighted by molar-refractivity contribution is 0.0161. The number of likely N-dealkylation sites (tertiary alicyclic amines) is 1. The molecule has 2 aromatic carbocycles. The first-order chi connectivity index (χ1) is 12.2. The van der Waals surface area contributed by atoms with Crippen LogP contribution >= 0.6 is 0 Å². The lowest BCUT2D eigenvalue weighted by Gasteiger charge is -2.38. The molecular formula is C20H15N3O2. The topological polar surface area (TPSA) is 66.2 Å². The highest BCUT2D eigenvalue weighted by atomic mass is 16.5. The normalized spacial score (nSPS) is 14.0. The summed E-state index contributed by atoms with van der Waals surface area (Å²) in [6.07, 6.45) is 1.41. The minimum absolute atomic E-state index is 0.0180. The molecule has 1 fully saturated rings. The van der Waals surface area contributed by atoms with Gasteiger partial charge in [0.05, 0.1) is 18.7 Å². The molecule has 25 heavy (non-hydrogen) atoms. The molecule has 0 radical (unpaired) electrons. The minimum Gasteiger partial charge on any atom is -0.471 e. The van der Waals surface area contributed by atoms with Crippen LogP contribution in [0.1, 0.15) is 15.9 Å². The van der Waals surface area contributed by atoms with Crippen molar-refractivity contribution >= 4 is 16.7 Å². The van der Waals surface area contributed by atoms with Gasteiger partial charge in [-0.05, 0) is 22.9 Å². The van der Waals surface area contributed by atoms with E-state index >= 15 is 0 Å². The number of aromatic nitrogens is 1. The number of pyridine rings is 1. The van der Waals surface area contributed by atoms with Crippen molar-refractivity contribution in [2.75, 3.05) is 13.1 Å². The fourth-order valence-corrected chi connectivity index (χ4v) is 2.95. The molecule has 5 nitrogen and oxygen atoms in total. The van der Waals surface area contributed by atoms with Crippen molar-refractivity contribution in [2.24, 2.45) is 0 Å². The molecule has 3 aromatic rings. The number of nitriles is 1. The zero-order valence-electron chi connectivity index (χ0n) is 13.4. The Kier molecular flexibility index (Phi) is 3.79. The number of carbonyl (C=O) groups excluding carboxylic acids is 1. The summed E-state index contributed by atoms with van der Waals surface area (Å²) in [7, 11) is 0. The number of hydrogen-bond donors (Lipinski definition) is 0. The molecule has 1 aliphatic rings. The zero-order valence-corrected chi connectivity index (χ0v) is 13.4. The van der Waals surface area contributed by atoms with Crippen LogP contribution in [0.15, 0.2) is 60.8 Å². The van der Waals surface area contributed by atoms with Crippen LogP contribution in [0.5, 0.6) is 5.88 Å². The third-order valence-corrected chi connectivity index (χ3v) is 4.31. The Hall–Kier alpha value is -3.39. The number of benzene rings is 2. The van der Waals surface area contributed by atoms with Crippen molar-refractivity contribution in [2.45, 2.75) is 6.10 Å². The molecule has 122 valence electrons. The number of ether oxygens (including phenoxy) is 1. The number of rotatable bonds is 3. The van der Waals surface area contributed by atoms with Crippen molar-refractivity contribution in [3.63, 3.8) is 0 Å². The van der Waals surface area contributed by atoms with E-state index < -0.39 is 0 Å². The Morgan fingerprint density at radius 2 is 1.92 bits per heavy atom. The average molecular weight is 329 g/mol. The Bertz CT molecular complexity index is 965. The highest BCUT2D eigenvalue weighted by Gasteiger charge is 2.33. The average Bonchev–Trinajstić information content (AvgIpc) is 2.64. The van der Waals surface area contributed by atoms with E-state index in [2.05, 4.69) is 4.98 Å². The Morgan fingerprint density at radius 3 is 2.68 bits per heavy atom. The minimum atomic E-state index is -0.0700. The molecule has 0 spiro atoms. The fraction of sp³-hybridized carbons (Fsp3) is 0.150. The van der Waals surface area contributed by atoms with E-state index in [1.807, 2.05) is 48.5 Å². The highest BCUT2D eigenvalue weighted by Crippen LogP contribution is 2.23. The third kappa shape index (κ3) is 2.90. The van der Waals surface area contributed by atoms with Gasteiger partial charge >= 0.3 is 0 Å². The first-order valence-electron chi connectivity index (χ1n) is 8.04. The van der Waals surface area contributed by atoms with Crippen molar-refractivity contribution in [1.29, 1.82) is 5.26 Å². The standard InChI is InChI=1S/C20H15N3O2/c21-10-14-8-9-19(22-11-14)25-16-12-23(13-16)20(24)18-7-3-5-15-4-1-2-6-17(15)18/h1-9,11,16H,12-13H2. The summed E-state index contributed by atoms with van der Waals surface area (Å²) in [5.41, 5.74) is 1.21. The number of hydrogen-bond acceptors (Lipinski definition) is 4. The summed E-state index contributed by atoms with van der Waals surface area (Å²) in [4.78, 5) is 18.6. The maximum atomic E-state index is 12.7. The summed E-state index contributed by atoms with van der Waals surface area (Å²) >= 11 is 0. The van der Waals surface area contributed by atoms with Crippen LogP contribution in [0, 0.1) is 11.3 Å². The van der Waals surface area contributed by atoms with Gasteiger partial charge in [0, 0.05) is 17.8 Å². The molecule has 1 amide bonds. The summed E-state index contributed by atoms with van der Waals surface area (Å²) in [6.45, 7) is 1.06. The molecule has 1 saturated heterocycles. The second-order valence-electron chi connectivity index (χ2n) is 5.97. The zero-order chi connectivity index (χ0) is 17.2. The predicted octanol–water partition coefficient (Wildman–Crippen LogP) is 3.01. The van der Waals surface area contributed by atoms with E-state index in [1.54, 1.807) is 17.0 Å². The maximum absolute atomic E-state index is 12.7. The van der Waals surface area contributed by atoms with E-state index in [1.165, 1.54) is 6.20 Å². The predicted molar refractivity (Wildman–Crippen MR) is 93.2 cm³/mol. The number of amides is 1. The van der Waals surface area contributed by atoms with Crippen LogP contribution in [-0.2, 0) is 0 Å². The van der Waals surface area contributed by atoms with Crippen LogP contribution in [-0.4, -0.2) is 35.0 Å². The molecule has 0 unspecified atom stereocenters. The number of nitrogens with zero attached hydrogens (tertiary/aromatic N) is 3. The maximum Gasteiger partial charge on any atom is 0.254 e.